The van der Waals surface area contributed by atoms with Gasteiger partial charge in [0.1, 0.15) is 6.10 Å². The molecule has 1 heterocycles. The Morgan fingerprint density at radius 3 is 2.86 bits per heavy atom. The minimum atomic E-state index is -0.787. The van der Waals surface area contributed by atoms with Crippen molar-refractivity contribution in [2.24, 2.45) is 0 Å². The van der Waals surface area contributed by atoms with E-state index >= 15 is 0 Å². The van der Waals surface area contributed by atoms with Crippen LogP contribution in [0.3, 0.4) is 0 Å². The summed E-state index contributed by atoms with van der Waals surface area (Å²) in [4.78, 5) is 0. The van der Waals surface area contributed by atoms with Gasteiger partial charge in [-0.1, -0.05) is 31.4 Å². The van der Waals surface area contributed by atoms with Crippen LogP contribution in [-0.4, -0.2) is 30.7 Å². The Morgan fingerprint density at radius 1 is 1.57 bits per heavy atom. The molecule has 0 aromatic heterocycles. The maximum Gasteiger partial charge on any atom is 0.181 e. The van der Waals surface area contributed by atoms with Crippen LogP contribution in [0.1, 0.15) is 6.42 Å². The first-order valence-electron chi connectivity index (χ1n) is 4.63. The zero-order valence-electron chi connectivity index (χ0n) is 8.19. The van der Waals surface area contributed by atoms with Crippen LogP contribution in [0.4, 0.5) is 0 Å². The molecule has 0 aromatic carbocycles. The van der Waals surface area contributed by atoms with Crippen LogP contribution in [0, 0.1) is 0 Å². The quantitative estimate of drug-likeness (QED) is 0.676. The molecule has 0 aromatic rings. The summed E-state index contributed by atoms with van der Waals surface area (Å²) in [5.74, 6) is 0. The molecule has 14 heavy (non-hydrogen) atoms. The average molecular weight is 196 g/mol. The number of hydrogen-bond acceptors (Lipinski definition) is 3. The zero-order valence-corrected chi connectivity index (χ0v) is 8.19. The van der Waals surface area contributed by atoms with Crippen molar-refractivity contribution in [1.82, 2.24) is 0 Å². The van der Waals surface area contributed by atoms with Crippen molar-refractivity contribution in [1.29, 1.82) is 0 Å². The summed E-state index contributed by atoms with van der Waals surface area (Å²) in [6.45, 7) is 8.23. The van der Waals surface area contributed by atoms with E-state index in [9.17, 15) is 5.11 Å². The van der Waals surface area contributed by atoms with Crippen molar-refractivity contribution in [3.8, 4) is 0 Å². The topological polar surface area (TPSA) is 38.7 Å². The van der Waals surface area contributed by atoms with Crippen LogP contribution < -0.4 is 0 Å². The van der Waals surface area contributed by atoms with Gasteiger partial charge in [-0.2, -0.15) is 0 Å². The molecule has 0 spiro atoms. The molecular weight excluding hydrogens is 180 g/mol. The van der Waals surface area contributed by atoms with Gasteiger partial charge in [0.15, 0.2) is 6.29 Å². The molecule has 1 fully saturated rings. The van der Waals surface area contributed by atoms with Gasteiger partial charge in [0.2, 0.25) is 0 Å². The fraction of sp³-hybridized carbons (Fsp3) is 0.455. The average Bonchev–Trinajstić information content (AvgIpc) is 2.59. The van der Waals surface area contributed by atoms with Gasteiger partial charge in [0.05, 0.1) is 13.2 Å². The van der Waals surface area contributed by atoms with Gasteiger partial charge >= 0.3 is 0 Å². The highest BCUT2D eigenvalue weighted by Crippen LogP contribution is 2.15. The molecule has 2 atom stereocenters. The molecule has 0 aliphatic carbocycles. The molecule has 1 rings (SSSR count). The van der Waals surface area contributed by atoms with Gasteiger partial charge in [-0.25, -0.2) is 0 Å². The second-order valence-corrected chi connectivity index (χ2v) is 3.08. The van der Waals surface area contributed by atoms with E-state index < -0.39 is 6.29 Å². The van der Waals surface area contributed by atoms with Crippen LogP contribution in [0.15, 0.2) is 37.0 Å². The number of rotatable bonds is 5. The predicted octanol–water partition coefficient (Wildman–Crippen LogP) is 1.41. The molecule has 78 valence electrons. The monoisotopic (exact) mass is 196 g/mol. The van der Waals surface area contributed by atoms with Crippen molar-refractivity contribution in [3.63, 3.8) is 0 Å². The van der Waals surface area contributed by atoms with Crippen molar-refractivity contribution >= 4 is 0 Å². The molecule has 1 N–H and O–H groups in total. The van der Waals surface area contributed by atoms with E-state index in [1.807, 2.05) is 6.08 Å². The molecule has 1 saturated heterocycles. The highest BCUT2D eigenvalue weighted by Gasteiger charge is 2.26. The highest BCUT2D eigenvalue weighted by molar-refractivity contribution is 5.21. The number of hydrogen-bond donors (Lipinski definition) is 1. The Kier molecular flexibility index (Phi) is 4.59. The minimum absolute atomic E-state index is 0.219. The van der Waals surface area contributed by atoms with E-state index in [1.165, 1.54) is 0 Å². The van der Waals surface area contributed by atoms with E-state index in [1.54, 1.807) is 12.2 Å². The third kappa shape index (κ3) is 3.10. The molecule has 0 amide bonds. The summed E-state index contributed by atoms with van der Waals surface area (Å²) < 4.78 is 10.4. The number of allylic oxidation sites excluding steroid dienone is 2. The van der Waals surface area contributed by atoms with Crippen LogP contribution in [0.5, 0.6) is 0 Å². The molecule has 1 aliphatic heterocycles. The summed E-state index contributed by atoms with van der Waals surface area (Å²) >= 11 is 0. The predicted molar refractivity (Wildman–Crippen MR) is 54.8 cm³/mol. The Balaban J connectivity index is 2.34. The maximum absolute atomic E-state index is 9.29. The smallest absolute Gasteiger partial charge is 0.181 e. The Labute approximate surface area is 84.3 Å². The van der Waals surface area contributed by atoms with E-state index in [0.717, 1.165) is 12.0 Å². The summed E-state index contributed by atoms with van der Waals surface area (Å²) in [7, 11) is 0. The van der Waals surface area contributed by atoms with Crippen molar-refractivity contribution < 1.29 is 14.6 Å². The maximum atomic E-state index is 9.29. The first-order chi connectivity index (χ1) is 6.77. The summed E-state index contributed by atoms with van der Waals surface area (Å²) in [6, 6.07) is 0. The Morgan fingerprint density at radius 2 is 2.36 bits per heavy atom. The first-order valence-corrected chi connectivity index (χ1v) is 4.63. The van der Waals surface area contributed by atoms with Gasteiger partial charge in [-0.05, 0) is 5.57 Å². The molecule has 1 unspecified atom stereocenters. The molecular formula is C11H16O3. The fourth-order valence-electron chi connectivity index (χ4n) is 1.25. The number of aliphatic hydroxyl groups is 1. The zero-order chi connectivity index (χ0) is 10.4. The minimum Gasteiger partial charge on any atom is -0.368 e. The van der Waals surface area contributed by atoms with E-state index in [2.05, 4.69) is 13.2 Å². The largest absolute Gasteiger partial charge is 0.368 e. The Hall–Kier alpha value is -0.900. The molecule has 3 heteroatoms. The lowest BCUT2D eigenvalue weighted by atomic mass is 10.2. The highest BCUT2D eigenvalue weighted by atomic mass is 16.6. The second-order valence-electron chi connectivity index (χ2n) is 3.08. The Bertz CT molecular complexity index is 233. The number of aliphatic hydroxyl groups excluding tert-OH is 1. The fourth-order valence-corrected chi connectivity index (χ4v) is 1.25. The molecule has 0 saturated carbocycles. The lowest BCUT2D eigenvalue weighted by molar-refractivity contribution is -0.123. The van der Waals surface area contributed by atoms with Gasteiger partial charge in [-0.15, -0.1) is 0 Å². The standard InChI is InChI=1S/C11H16O3/c1-3-5-9(4-2)8-14-10-6-7-13-11(10)12/h3-5,10-12H,1-2,6-8H2/b9-5+/t10-,11?/m0/s1. The van der Waals surface area contributed by atoms with Gasteiger partial charge in [0.25, 0.3) is 0 Å². The molecule has 0 radical (unpaired) electrons. The third-order valence-corrected chi connectivity index (χ3v) is 2.07. The normalized spacial score (nSPS) is 27.6. The molecule has 1 aliphatic rings. The van der Waals surface area contributed by atoms with Crippen LogP contribution in [0.25, 0.3) is 0 Å². The molecule has 0 bridgehead atoms. The first kappa shape index (κ1) is 11.2. The van der Waals surface area contributed by atoms with Crippen molar-refractivity contribution in [2.45, 2.75) is 18.8 Å². The molecule has 3 nitrogen and oxygen atoms in total. The van der Waals surface area contributed by atoms with Crippen LogP contribution >= 0.6 is 0 Å². The van der Waals surface area contributed by atoms with Crippen molar-refractivity contribution in [3.05, 3.63) is 37.0 Å². The summed E-state index contributed by atoms with van der Waals surface area (Å²) in [6.07, 6.45) is 4.95. The van der Waals surface area contributed by atoms with E-state index in [-0.39, 0.29) is 6.10 Å². The van der Waals surface area contributed by atoms with Gasteiger partial charge in [0, 0.05) is 6.42 Å². The van der Waals surface area contributed by atoms with E-state index in [4.69, 9.17) is 9.47 Å². The van der Waals surface area contributed by atoms with Gasteiger partial charge < -0.3 is 14.6 Å². The SMILES string of the molecule is C=C/C=C(\C=C)CO[C@H]1CCOC1O. The van der Waals surface area contributed by atoms with E-state index in [0.29, 0.717) is 13.2 Å². The second kappa shape index (κ2) is 5.75. The van der Waals surface area contributed by atoms with Gasteiger partial charge in [-0.3, -0.25) is 0 Å². The van der Waals surface area contributed by atoms with Crippen molar-refractivity contribution in [2.75, 3.05) is 13.2 Å². The summed E-state index contributed by atoms with van der Waals surface area (Å²) in [5, 5.41) is 9.29. The van der Waals surface area contributed by atoms with Crippen LogP contribution in [-0.2, 0) is 9.47 Å². The van der Waals surface area contributed by atoms with Crippen LogP contribution in [0.2, 0.25) is 0 Å². The third-order valence-electron chi connectivity index (χ3n) is 2.07. The number of ether oxygens (including phenoxy) is 2. The summed E-state index contributed by atoms with van der Waals surface area (Å²) in [5.41, 5.74) is 0.944. The lowest BCUT2D eigenvalue weighted by Crippen LogP contribution is -2.24. The lowest BCUT2D eigenvalue weighted by Gasteiger charge is -2.14.